The third-order valence-electron chi connectivity index (χ3n) is 4.10. The van der Waals surface area contributed by atoms with Crippen LogP contribution < -0.4 is 16.0 Å². The van der Waals surface area contributed by atoms with Crippen molar-refractivity contribution in [1.29, 1.82) is 0 Å². The molecular weight excluding hydrogens is 328 g/mol. The summed E-state index contributed by atoms with van der Waals surface area (Å²) in [4.78, 5) is 13.8. The summed E-state index contributed by atoms with van der Waals surface area (Å²) < 4.78 is 34.1. The summed E-state index contributed by atoms with van der Waals surface area (Å²) >= 11 is 0. The van der Waals surface area contributed by atoms with E-state index in [0.717, 1.165) is 11.6 Å². The largest absolute Gasteiger partial charge is 0.457 e. The van der Waals surface area contributed by atoms with Gasteiger partial charge >= 0.3 is 5.97 Å². The number of hydrogen-bond donors (Lipinski definition) is 2. The summed E-state index contributed by atoms with van der Waals surface area (Å²) in [6.07, 6.45) is 0. The molecule has 0 unspecified atom stereocenters. The zero-order chi connectivity index (χ0) is 17.8. The predicted octanol–water partition coefficient (Wildman–Crippen LogP) is 2.31. The van der Waals surface area contributed by atoms with Crippen molar-refractivity contribution in [3.05, 3.63) is 59.2 Å². The van der Waals surface area contributed by atoms with E-state index in [9.17, 15) is 13.6 Å². The predicted molar refractivity (Wildman–Crippen MR) is 91.4 cm³/mol. The molecule has 3 N–H and O–H groups in total. The second-order valence-corrected chi connectivity index (χ2v) is 5.78. The van der Waals surface area contributed by atoms with Crippen LogP contribution in [-0.2, 0) is 11.3 Å². The number of rotatable bonds is 4. The first kappa shape index (κ1) is 17.2. The van der Waals surface area contributed by atoms with Gasteiger partial charge in [-0.1, -0.05) is 30.3 Å². The highest BCUT2D eigenvalue weighted by Crippen LogP contribution is 2.31. The number of ether oxygens (including phenoxy) is 1. The van der Waals surface area contributed by atoms with Crippen LogP contribution in [0.25, 0.3) is 0 Å². The highest BCUT2D eigenvalue weighted by atomic mass is 19.1. The van der Waals surface area contributed by atoms with Crippen LogP contribution in [0.5, 0.6) is 0 Å². The number of esters is 1. The maximum absolute atomic E-state index is 14.6. The fourth-order valence-corrected chi connectivity index (χ4v) is 2.77. The summed E-state index contributed by atoms with van der Waals surface area (Å²) in [5.41, 5.74) is 5.62. The van der Waals surface area contributed by atoms with Crippen molar-refractivity contribution in [2.45, 2.75) is 6.61 Å². The van der Waals surface area contributed by atoms with Crippen LogP contribution in [0.4, 0.5) is 20.2 Å². The summed E-state index contributed by atoms with van der Waals surface area (Å²) in [6, 6.07) is 9.96. The molecule has 0 spiro atoms. The molecule has 132 valence electrons. The van der Waals surface area contributed by atoms with E-state index in [1.807, 2.05) is 6.07 Å². The van der Waals surface area contributed by atoms with Crippen LogP contribution in [0.15, 0.2) is 36.4 Å². The van der Waals surface area contributed by atoms with Crippen molar-refractivity contribution in [2.75, 3.05) is 36.8 Å². The second kappa shape index (κ2) is 7.48. The third kappa shape index (κ3) is 3.71. The van der Waals surface area contributed by atoms with Crippen molar-refractivity contribution in [2.24, 2.45) is 0 Å². The quantitative estimate of drug-likeness (QED) is 0.656. The Morgan fingerprint density at radius 1 is 1.20 bits per heavy atom. The van der Waals surface area contributed by atoms with Gasteiger partial charge in [0.05, 0.1) is 11.3 Å². The second-order valence-electron chi connectivity index (χ2n) is 5.78. The van der Waals surface area contributed by atoms with Crippen molar-refractivity contribution < 1.29 is 18.3 Å². The standard InChI is InChI=1S/C18H19F2N3O2/c19-14-10-13(18(24)25-11-12-4-2-1-3-5-12)16(21)15(20)17(14)23-8-6-22-7-9-23/h1-5,10,22H,6-9,11,21H2. The van der Waals surface area contributed by atoms with Gasteiger partial charge in [0, 0.05) is 26.2 Å². The Kier molecular flexibility index (Phi) is 5.14. The molecule has 2 aromatic carbocycles. The van der Waals surface area contributed by atoms with E-state index in [2.05, 4.69) is 5.32 Å². The normalized spacial score (nSPS) is 14.4. The average Bonchev–Trinajstić information content (AvgIpc) is 2.64. The number of nitrogen functional groups attached to an aromatic ring is 1. The summed E-state index contributed by atoms with van der Waals surface area (Å²) in [6.45, 7) is 2.18. The fraction of sp³-hybridized carbons (Fsp3) is 0.278. The van der Waals surface area contributed by atoms with Gasteiger partial charge < -0.3 is 20.7 Å². The number of nitrogens with one attached hydrogen (secondary N) is 1. The molecule has 0 amide bonds. The lowest BCUT2D eigenvalue weighted by Gasteiger charge is -2.30. The van der Waals surface area contributed by atoms with E-state index in [0.29, 0.717) is 26.2 Å². The summed E-state index contributed by atoms with van der Waals surface area (Å²) in [5, 5.41) is 3.11. The van der Waals surface area contributed by atoms with Gasteiger partial charge in [-0.15, -0.1) is 0 Å². The molecule has 0 bridgehead atoms. The number of halogens is 2. The highest BCUT2D eigenvalue weighted by Gasteiger charge is 2.26. The van der Waals surface area contributed by atoms with Gasteiger partial charge in [-0.25, -0.2) is 13.6 Å². The minimum Gasteiger partial charge on any atom is -0.457 e. The topological polar surface area (TPSA) is 67.6 Å². The lowest BCUT2D eigenvalue weighted by molar-refractivity contribution is 0.0473. The van der Waals surface area contributed by atoms with Crippen molar-refractivity contribution in [1.82, 2.24) is 5.32 Å². The van der Waals surface area contributed by atoms with Crippen molar-refractivity contribution >= 4 is 17.3 Å². The first-order valence-electron chi connectivity index (χ1n) is 8.02. The Labute approximate surface area is 144 Å². The molecule has 5 nitrogen and oxygen atoms in total. The SMILES string of the molecule is Nc1c(C(=O)OCc2ccccc2)cc(F)c(N2CCNCC2)c1F. The fourth-order valence-electron chi connectivity index (χ4n) is 2.77. The Hall–Kier alpha value is -2.67. The molecule has 1 aliphatic heterocycles. The smallest absolute Gasteiger partial charge is 0.340 e. The minimum atomic E-state index is -0.923. The van der Waals surface area contributed by atoms with Gasteiger partial charge in [0.1, 0.15) is 12.3 Å². The molecule has 2 aromatic rings. The van der Waals surface area contributed by atoms with Gasteiger partial charge in [-0.3, -0.25) is 0 Å². The number of hydrogen-bond acceptors (Lipinski definition) is 5. The zero-order valence-electron chi connectivity index (χ0n) is 13.6. The monoisotopic (exact) mass is 347 g/mol. The van der Waals surface area contributed by atoms with Crippen LogP contribution in [0.2, 0.25) is 0 Å². The van der Waals surface area contributed by atoms with Gasteiger partial charge in [0.2, 0.25) is 0 Å². The molecule has 0 aromatic heterocycles. The molecule has 1 fully saturated rings. The number of piperazine rings is 1. The molecular formula is C18H19F2N3O2. The first-order valence-corrected chi connectivity index (χ1v) is 8.02. The molecule has 1 heterocycles. The molecule has 1 saturated heterocycles. The highest BCUT2D eigenvalue weighted by molar-refractivity contribution is 5.96. The molecule has 0 aliphatic carbocycles. The molecule has 3 rings (SSSR count). The number of nitrogens with zero attached hydrogens (tertiary/aromatic N) is 1. The minimum absolute atomic E-state index is 0.00188. The Balaban J connectivity index is 1.81. The Morgan fingerprint density at radius 2 is 1.88 bits per heavy atom. The van der Waals surface area contributed by atoms with Gasteiger partial charge in [-0.2, -0.15) is 0 Å². The van der Waals surface area contributed by atoms with E-state index in [1.165, 1.54) is 0 Å². The number of anilines is 2. The van der Waals surface area contributed by atoms with Crippen molar-refractivity contribution in [3.63, 3.8) is 0 Å². The Morgan fingerprint density at radius 3 is 2.56 bits per heavy atom. The molecule has 0 saturated carbocycles. The molecule has 0 atom stereocenters. The third-order valence-corrected chi connectivity index (χ3v) is 4.10. The maximum Gasteiger partial charge on any atom is 0.340 e. The van der Waals surface area contributed by atoms with E-state index < -0.39 is 23.3 Å². The van der Waals surface area contributed by atoms with E-state index in [-0.39, 0.29) is 17.9 Å². The number of carbonyl (C=O) groups excluding carboxylic acids is 1. The molecule has 1 aliphatic rings. The zero-order valence-corrected chi connectivity index (χ0v) is 13.6. The van der Waals surface area contributed by atoms with Gasteiger partial charge in [0.15, 0.2) is 11.6 Å². The summed E-state index contributed by atoms with van der Waals surface area (Å²) in [5.74, 6) is -2.60. The lowest BCUT2D eigenvalue weighted by Crippen LogP contribution is -2.44. The molecule has 7 heteroatoms. The maximum atomic E-state index is 14.6. The van der Waals surface area contributed by atoms with Crippen LogP contribution >= 0.6 is 0 Å². The van der Waals surface area contributed by atoms with E-state index in [1.54, 1.807) is 29.2 Å². The van der Waals surface area contributed by atoms with Gasteiger partial charge in [-0.05, 0) is 11.6 Å². The lowest BCUT2D eigenvalue weighted by atomic mass is 10.1. The van der Waals surface area contributed by atoms with Crippen LogP contribution in [0.1, 0.15) is 15.9 Å². The van der Waals surface area contributed by atoms with Crippen LogP contribution in [-0.4, -0.2) is 32.1 Å². The molecule has 0 radical (unpaired) electrons. The summed E-state index contributed by atoms with van der Waals surface area (Å²) in [7, 11) is 0. The Bertz CT molecular complexity index is 763. The number of nitrogens with two attached hydrogens (primary N) is 1. The van der Waals surface area contributed by atoms with Crippen molar-refractivity contribution in [3.8, 4) is 0 Å². The van der Waals surface area contributed by atoms with Crippen LogP contribution in [0, 0.1) is 11.6 Å². The van der Waals surface area contributed by atoms with E-state index >= 15 is 0 Å². The number of benzene rings is 2. The molecule has 25 heavy (non-hydrogen) atoms. The number of carbonyl (C=O) groups is 1. The van der Waals surface area contributed by atoms with E-state index in [4.69, 9.17) is 10.5 Å². The average molecular weight is 347 g/mol. The van der Waals surface area contributed by atoms with Crippen LogP contribution in [0.3, 0.4) is 0 Å². The first-order chi connectivity index (χ1) is 12.1. The van der Waals surface area contributed by atoms with Gasteiger partial charge in [0.25, 0.3) is 0 Å².